The molecular formula is C31H40. The van der Waals surface area contributed by atoms with Gasteiger partial charge in [0.1, 0.15) is 0 Å². The predicted octanol–water partition coefficient (Wildman–Crippen LogP) is 8.63. The van der Waals surface area contributed by atoms with E-state index in [0.29, 0.717) is 11.8 Å². The third-order valence-electron chi connectivity index (χ3n) is 6.77. The monoisotopic (exact) mass is 412 g/mol. The van der Waals surface area contributed by atoms with Gasteiger partial charge < -0.3 is 0 Å². The average Bonchev–Trinajstić information content (AvgIpc) is 2.77. The predicted molar refractivity (Wildman–Crippen MR) is 136 cm³/mol. The van der Waals surface area contributed by atoms with Crippen LogP contribution in [0.2, 0.25) is 0 Å². The topological polar surface area (TPSA) is 0 Å². The first-order valence-electron chi connectivity index (χ1n) is 12.1. The minimum absolute atomic E-state index is 0.129. The molecule has 0 aliphatic heterocycles. The lowest BCUT2D eigenvalue weighted by molar-refractivity contribution is 0.521. The van der Waals surface area contributed by atoms with Gasteiger partial charge in [0, 0.05) is 0 Å². The van der Waals surface area contributed by atoms with E-state index in [1.54, 1.807) is 0 Å². The lowest BCUT2D eigenvalue weighted by Gasteiger charge is -2.26. The Labute approximate surface area is 190 Å². The van der Waals surface area contributed by atoms with Crippen molar-refractivity contribution in [3.8, 4) is 0 Å². The molecule has 0 saturated heterocycles. The van der Waals surface area contributed by atoms with Crippen molar-refractivity contribution in [2.45, 2.75) is 84.5 Å². The molecule has 0 aliphatic carbocycles. The van der Waals surface area contributed by atoms with Gasteiger partial charge in [-0.3, -0.25) is 0 Å². The molecule has 0 saturated carbocycles. The zero-order chi connectivity index (χ0) is 22.4. The van der Waals surface area contributed by atoms with Gasteiger partial charge in [-0.25, -0.2) is 0 Å². The summed E-state index contributed by atoms with van der Waals surface area (Å²) in [6.45, 7) is 13.9. The van der Waals surface area contributed by atoms with Gasteiger partial charge in [-0.1, -0.05) is 114 Å². The Hall–Kier alpha value is -2.34. The molecule has 0 aromatic heterocycles. The molecule has 3 rings (SSSR count). The molecule has 0 bridgehead atoms. The maximum Gasteiger partial charge on any atom is -0.00631 e. The lowest BCUT2D eigenvalue weighted by atomic mass is 9.78. The van der Waals surface area contributed by atoms with Gasteiger partial charge in [-0.15, -0.1) is 0 Å². The van der Waals surface area contributed by atoms with Gasteiger partial charge in [-0.05, 0) is 76.3 Å². The summed E-state index contributed by atoms with van der Waals surface area (Å²) in [7, 11) is 0. The molecule has 0 aliphatic rings. The highest BCUT2D eigenvalue weighted by Crippen LogP contribution is 2.30. The van der Waals surface area contributed by atoms with Crippen molar-refractivity contribution in [1.29, 1.82) is 0 Å². The van der Waals surface area contributed by atoms with Crippen LogP contribution >= 0.6 is 0 Å². The van der Waals surface area contributed by atoms with Crippen molar-refractivity contribution in [1.82, 2.24) is 0 Å². The molecule has 1 atom stereocenters. The Morgan fingerprint density at radius 1 is 0.710 bits per heavy atom. The SMILES string of the molecule is CCc1cccc(C(C)(C)Cc2cccc(C(C)CCc3cccc(C(C)C)c3)c2)c1. The molecule has 0 heterocycles. The molecular weight excluding hydrogens is 372 g/mol. The van der Waals surface area contributed by atoms with Crippen molar-refractivity contribution in [2.75, 3.05) is 0 Å². The Morgan fingerprint density at radius 3 is 2.03 bits per heavy atom. The lowest BCUT2D eigenvalue weighted by Crippen LogP contribution is -2.20. The van der Waals surface area contributed by atoms with Crippen molar-refractivity contribution >= 4 is 0 Å². The van der Waals surface area contributed by atoms with Crippen LogP contribution < -0.4 is 0 Å². The van der Waals surface area contributed by atoms with Crippen LogP contribution in [-0.4, -0.2) is 0 Å². The van der Waals surface area contributed by atoms with Crippen LogP contribution in [0.5, 0.6) is 0 Å². The summed E-state index contributed by atoms with van der Waals surface area (Å²) in [5, 5.41) is 0. The molecule has 0 heteroatoms. The molecule has 31 heavy (non-hydrogen) atoms. The second-order valence-electron chi connectivity index (χ2n) is 10.2. The van der Waals surface area contributed by atoms with E-state index in [9.17, 15) is 0 Å². The van der Waals surface area contributed by atoms with Crippen LogP contribution in [0, 0.1) is 0 Å². The second kappa shape index (κ2) is 10.3. The second-order valence-corrected chi connectivity index (χ2v) is 10.2. The first-order valence-corrected chi connectivity index (χ1v) is 12.1. The molecule has 0 radical (unpaired) electrons. The van der Waals surface area contributed by atoms with Crippen molar-refractivity contribution in [2.24, 2.45) is 0 Å². The smallest absolute Gasteiger partial charge is 0.00631 e. The van der Waals surface area contributed by atoms with Gasteiger partial charge in [0.05, 0.1) is 0 Å². The average molecular weight is 413 g/mol. The molecule has 0 N–H and O–H groups in total. The van der Waals surface area contributed by atoms with E-state index in [4.69, 9.17) is 0 Å². The standard InChI is InChI=1S/C31H40/c1-7-25-11-10-16-30(21-25)31(5,6)22-27-13-9-15-29(20-27)24(4)17-18-26-12-8-14-28(19-26)23(2)3/h8-16,19-21,23-24H,7,17-18,22H2,1-6H3. The number of benzene rings is 3. The summed E-state index contributed by atoms with van der Waals surface area (Å²) < 4.78 is 0. The van der Waals surface area contributed by atoms with Crippen molar-refractivity contribution in [3.63, 3.8) is 0 Å². The van der Waals surface area contributed by atoms with Gasteiger partial charge >= 0.3 is 0 Å². The van der Waals surface area contributed by atoms with Crippen LogP contribution in [0.25, 0.3) is 0 Å². The molecule has 0 amide bonds. The van der Waals surface area contributed by atoms with Crippen LogP contribution in [0.3, 0.4) is 0 Å². The minimum Gasteiger partial charge on any atom is -0.0617 e. The van der Waals surface area contributed by atoms with Crippen molar-refractivity contribution in [3.05, 3.63) is 106 Å². The molecule has 164 valence electrons. The quantitative estimate of drug-likeness (QED) is 0.330. The largest absolute Gasteiger partial charge is 0.0617 e. The summed E-state index contributed by atoms with van der Waals surface area (Å²) in [6, 6.07) is 27.6. The molecule has 1 unspecified atom stereocenters. The number of hydrogen-bond acceptors (Lipinski definition) is 0. The highest BCUT2D eigenvalue weighted by molar-refractivity contribution is 5.34. The summed E-state index contributed by atoms with van der Waals surface area (Å²) in [6.07, 6.45) is 4.49. The van der Waals surface area contributed by atoms with Crippen LogP contribution in [-0.2, 0) is 24.7 Å². The summed E-state index contributed by atoms with van der Waals surface area (Å²) in [5.74, 6) is 1.16. The van der Waals surface area contributed by atoms with Crippen LogP contribution in [0.1, 0.15) is 93.2 Å². The van der Waals surface area contributed by atoms with Crippen LogP contribution in [0.15, 0.2) is 72.8 Å². The van der Waals surface area contributed by atoms with Gasteiger partial charge in [0.2, 0.25) is 0 Å². The summed E-state index contributed by atoms with van der Waals surface area (Å²) >= 11 is 0. The van der Waals surface area contributed by atoms with E-state index in [1.165, 1.54) is 39.8 Å². The van der Waals surface area contributed by atoms with Gasteiger partial charge in [0.25, 0.3) is 0 Å². The number of hydrogen-bond donors (Lipinski definition) is 0. The highest BCUT2D eigenvalue weighted by Gasteiger charge is 2.22. The Kier molecular flexibility index (Phi) is 7.76. The summed E-state index contributed by atoms with van der Waals surface area (Å²) in [4.78, 5) is 0. The van der Waals surface area contributed by atoms with E-state index in [-0.39, 0.29) is 5.41 Å². The molecule has 3 aromatic carbocycles. The fraction of sp³-hybridized carbons (Fsp3) is 0.419. The van der Waals surface area contributed by atoms with E-state index < -0.39 is 0 Å². The minimum atomic E-state index is 0.129. The van der Waals surface area contributed by atoms with Crippen molar-refractivity contribution < 1.29 is 0 Å². The summed E-state index contributed by atoms with van der Waals surface area (Å²) in [5.41, 5.74) is 8.82. The molecule has 3 aromatic rings. The van der Waals surface area contributed by atoms with E-state index in [2.05, 4.69) is 114 Å². The Morgan fingerprint density at radius 2 is 1.32 bits per heavy atom. The van der Waals surface area contributed by atoms with Gasteiger partial charge in [-0.2, -0.15) is 0 Å². The molecule has 0 spiro atoms. The Balaban J connectivity index is 1.68. The number of rotatable bonds is 9. The normalized spacial score (nSPS) is 12.9. The van der Waals surface area contributed by atoms with Crippen LogP contribution in [0.4, 0.5) is 0 Å². The Bertz CT molecular complexity index is 977. The number of aryl methyl sites for hydroxylation is 2. The maximum absolute atomic E-state index is 2.45. The fourth-order valence-corrected chi connectivity index (χ4v) is 4.49. The zero-order valence-corrected chi connectivity index (χ0v) is 20.4. The maximum atomic E-state index is 2.45. The van der Waals surface area contributed by atoms with E-state index in [1.807, 2.05) is 0 Å². The highest BCUT2D eigenvalue weighted by atomic mass is 14.3. The molecule has 0 nitrogen and oxygen atoms in total. The third-order valence-corrected chi connectivity index (χ3v) is 6.77. The van der Waals surface area contributed by atoms with Gasteiger partial charge in [0.15, 0.2) is 0 Å². The fourth-order valence-electron chi connectivity index (χ4n) is 4.49. The first kappa shape index (κ1) is 23.3. The first-order chi connectivity index (χ1) is 14.8. The third kappa shape index (κ3) is 6.33. The molecule has 0 fully saturated rings. The van der Waals surface area contributed by atoms with E-state index in [0.717, 1.165) is 19.3 Å². The van der Waals surface area contributed by atoms with E-state index >= 15 is 0 Å². The zero-order valence-electron chi connectivity index (χ0n) is 20.4.